The first kappa shape index (κ1) is 15.0. The first-order chi connectivity index (χ1) is 12.0. The van der Waals surface area contributed by atoms with E-state index in [1.807, 2.05) is 0 Å². The minimum absolute atomic E-state index is 0.00810. The highest BCUT2D eigenvalue weighted by molar-refractivity contribution is 5.55. The summed E-state index contributed by atoms with van der Waals surface area (Å²) in [6.07, 6.45) is 1.53. The zero-order chi connectivity index (χ0) is 17.4. The molecule has 0 spiro atoms. The van der Waals surface area contributed by atoms with E-state index in [4.69, 9.17) is 0 Å². The minimum atomic E-state index is -4.65. The van der Waals surface area contributed by atoms with E-state index in [2.05, 4.69) is 35.7 Å². The van der Waals surface area contributed by atoms with Gasteiger partial charge in [-0.1, -0.05) is 0 Å². The van der Waals surface area contributed by atoms with E-state index in [9.17, 15) is 13.2 Å². The fourth-order valence-corrected chi connectivity index (χ4v) is 2.09. The largest absolute Gasteiger partial charge is 0.453 e. The number of halogens is 3. The maximum atomic E-state index is 12.9. The zero-order valence-electron chi connectivity index (χ0n) is 12.3. The van der Waals surface area contributed by atoms with Crippen LogP contribution in [0.3, 0.4) is 0 Å². The Morgan fingerprint density at radius 2 is 1.84 bits per heavy atom. The molecule has 126 valence electrons. The summed E-state index contributed by atoms with van der Waals surface area (Å²) in [6, 6.07) is 4.53. The van der Waals surface area contributed by atoms with Crippen LogP contribution in [0.15, 0.2) is 43.0 Å². The van der Waals surface area contributed by atoms with E-state index in [1.165, 1.54) is 23.0 Å². The van der Waals surface area contributed by atoms with Crippen molar-refractivity contribution in [2.75, 3.05) is 5.32 Å². The summed E-state index contributed by atoms with van der Waals surface area (Å²) in [7, 11) is 0. The van der Waals surface area contributed by atoms with Gasteiger partial charge in [-0.3, -0.25) is 0 Å². The van der Waals surface area contributed by atoms with Crippen LogP contribution in [0.4, 0.5) is 24.7 Å². The molecule has 0 aliphatic heterocycles. The molecule has 4 aromatic heterocycles. The van der Waals surface area contributed by atoms with Crippen LogP contribution in [0, 0.1) is 0 Å². The van der Waals surface area contributed by atoms with Crippen molar-refractivity contribution in [2.24, 2.45) is 0 Å². The number of hydrogen-bond donors (Lipinski definition) is 1. The number of aromatic nitrogens is 8. The Balaban J connectivity index is 1.64. The summed E-state index contributed by atoms with van der Waals surface area (Å²) < 4.78 is 40.7. The van der Waals surface area contributed by atoms with Gasteiger partial charge in [0, 0.05) is 12.4 Å². The van der Waals surface area contributed by atoms with Gasteiger partial charge in [0.1, 0.15) is 0 Å². The van der Waals surface area contributed by atoms with Crippen LogP contribution in [-0.4, -0.2) is 39.6 Å². The lowest BCUT2D eigenvalue weighted by atomic mass is 10.4. The maximum absolute atomic E-state index is 12.9. The van der Waals surface area contributed by atoms with Crippen LogP contribution < -0.4 is 5.32 Å². The van der Waals surface area contributed by atoms with Crippen LogP contribution in [0.2, 0.25) is 0 Å². The summed E-state index contributed by atoms with van der Waals surface area (Å²) >= 11 is 0. The van der Waals surface area contributed by atoms with Crippen molar-refractivity contribution in [2.45, 2.75) is 6.18 Å². The zero-order valence-corrected chi connectivity index (χ0v) is 12.3. The quantitative estimate of drug-likeness (QED) is 0.604. The molecule has 25 heavy (non-hydrogen) atoms. The number of alkyl halides is 3. The van der Waals surface area contributed by atoms with Crippen LogP contribution in [0.5, 0.6) is 0 Å². The molecule has 0 bridgehead atoms. The second kappa shape index (κ2) is 5.51. The highest BCUT2D eigenvalue weighted by Crippen LogP contribution is 2.27. The molecule has 12 heteroatoms. The summed E-state index contributed by atoms with van der Waals surface area (Å²) in [6.45, 7) is 0. The van der Waals surface area contributed by atoms with E-state index in [1.54, 1.807) is 24.7 Å². The Morgan fingerprint density at radius 1 is 1.04 bits per heavy atom. The van der Waals surface area contributed by atoms with Gasteiger partial charge in [-0.25, -0.2) is 14.6 Å². The fraction of sp³-hybridized carbons (Fsp3) is 0.0769. The molecule has 1 N–H and O–H groups in total. The lowest BCUT2D eigenvalue weighted by Crippen LogP contribution is -2.13. The van der Waals surface area contributed by atoms with Gasteiger partial charge >= 0.3 is 6.18 Å². The number of anilines is 2. The number of fused-ring (bicyclic) bond motifs is 1. The molecule has 0 unspecified atom stereocenters. The average molecular weight is 347 g/mol. The SMILES string of the molecule is FC(F)(F)c1nnc2ccc(Nc3cnn(-c4ncccn4)c3)nn12. The predicted molar refractivity (Wildman–Crippen MR) is 78.2 cm³/mol. The summed E-state index contributed by atoms with van der Waals surface area (Å²) in [5.74, 6) is -0.664. The second-order valence-electron chi connectivity index (χ2n) is 4.86. The minimum Gasteiger partial charge on any atom is -0.336 e. The third-order valence-corrected chi connectivity index (χ3v) is 3.13. The Labute approximate surface area is 137 Å². The Kier molecular flexibility index (Phi) is 3.30. The first-order valence-electron chi connectivity index (χ1n) is 6.89. The van der Waals surface area contributed by atoms with E-state index in [0.717, 1.165) is 0 Å². The smallest absolute Gasteiger partial charge is 0.336 e. The number of nitrogens with one attached hydrogen (secondary N) is 1. The van der Waals surface area contributed by atoms with Crippen molar-refractivity contribution in [1.29, 1.82) is 0 Å². The third-order valence-electron chi connectivity index (χ3n) is 3.13. The normalized spacial score (nSPS) is 11.8. The van der Waals surface area contributed by atoms with Crippen LogP contribution in [0.1, 0.15) is 5.82 Å². The molecular formula is C13H8F3N9. The molecule has 0 aliphatic rings. The van der Waals surface area contributed by atoms with Gasteiger partial charge in [-0.2, -0.15) is 22.8 Å². The number of hydrogen-bond acceptors (Lipinski definition) is 7. The van der Waals surface area contributed by atoms with Crippen molar-refractivity contribution in [1.82, 2.24) is 39.6 Å². The molecule has 0 saturated carbocycles. The van der Waals surface area contributed by atoms with E-state index in [0.29, 0.717) is 16.2 Å². The molecule has 0 aromatic carbocycles. The topological polar surface area (TPSA) is 98.7 Å². The first-order valence-corrected chi connectivity index (χ1v) is 6.89. The van der Waals surface area contributed by atoms with Crippen molar-refractivity contribution in [3.05, 3.63) is 48.8 Å². The molecule has 4 aromatic rings. The molecule has 0 radical (unpaired) electrons. The van der Waals surface area contributed by atoms with Crippen molar-refractivity contribution >= 4 is 17.2 Å². The van der Waals surface area contributed by atoms with Gasteiger partial charge in [0.05, 0.1) is 18.1 Å². The highest BCUT2D eigenvalue weighted by Gasteiger charge is 2.37. The highest BCUT2D eigenvalue weighted by atomic mass is 19.4. The molecular weight excluding hydrogens is 339 g/mol. The molecule has 0 fully saturated rings. The molecule has 0 aliphatic carbocycles. The van der Waals surface area contributed by atoms with Gasteiger partial charge in [0.15, 0.2) is 11.5 Å². The summed E-state index contributed by atoms with van der Waals surface area (Å²) in [5, 5.41) is 17.4. The van der Waals surface area contributed by atoms with Gasteiger partial charge in [0.2, 0.25) is 5.95 Å². The average Bonchev–Trinajstić information content (AvgIpc) is 3.22. The van der Waals surface area contributed by atoms with Crippen LogP contribution in [-0.2, 0) is 6.18 Å². The van der Waals surface area contributed by atoms with E-state index >= 15 is 0 Å². The molecule has 9 nitrogen and oxygen atoms in total. The van der Waals surface area contributed by atoms with Gasteiger partial charge in [0.25, 0.3) is 5.82 Å². The van der Waals surface area contributed by atoms with Gasteiger partial charge < -0.3 is 5.32 Å². The summed E-state index contributed by atoms with van der Waals surface area (Å²) in [5.41, 5.74) is 0.493. The standard InChI is InChI=1S/C13H8F3N9/c14-13(15,16)11-22-21-10-3-2-9(23-25(10)11)20-8-6-19-24(7-8)12-17-4-1-5-18-12/h1-7H,(H,20,23). The van der Waals surface area contributed by atoms with Crippen LogP contribution >= 0.6 is 0 Å². The number of rotatable bonds is 3. The number of nitrogens with zero attached hydrogens (tertiary/aromatic N) is 8. The monoisotopic (exact) mass is 347 g/mol. The Morgan fingerprint density at radius 3 is 2.60 bits per heavy atom. The fourth-order valence-electron chi connectivity index (χ4n) is 2.09. The van der Waals surface area contributed by atoms with Crippen molar-refractivity contribution in [3.63, 3.8) is 0 Å². The predicted octanol–water partition coefficient (Wildman–Crippen LogP) is 1.86. The Bertz CT molecular complexity index is 1020. The molecule has 0 amide bonds. The Hall–Kier alpha value is -3.57. The van der Waals surface area contributed by atoms with Crippen molar-refractivity contribution in [3.8, 4) is 5.95 Å². The van der Waals surface area contributed by atoms with Gasteiger partial charge in [-0.05, 0) is 18.2 Å². The molecule has 4 heterocycles. The second-order valence-corrected chi connectivity index (χ2v) is 4.86. The van der Waals surface area contributed by atoms with Crippen molar-refractivity contribution < 1.29 is 13.2 Å². The lowest BCUT2D eigenvalue weighted by Gasteiger charge is -2.05. The molecule has 0 saturated heterocycles. The maximum Gasteiger partial charge on any atom is 0.453 e. The summed E-state index contributed by atoms with van der Waals surface area (Å²) in [4.78, 5) is 8.08. The third kappa shape index (κ3) is 2.84. The lowest BCUT2D eigenvalue weighted by molar-refractivity contribution is -0.146. The van der Waals surface area contributed by atoms with E-state index < -0.39 is 12.0 Å². The van der Waals surface area contributed by atoms with E-state index in [-0.39, 0.29) is 11.5 Å². The molecule has 0 atom stereocenters. The van der Waals surface area contributed by atoms with Crippen LogP contribution in [0.25, 0.3) is 11.6 Å². The van der Waals surface area contributed by atoms with Gasteiger partial charge in [-0.15, -0.1) is 15.3 Å². The molecule has 4 rings (SSSR count).